The van der Waals surface area contributed by atoms with Crippen LogP contribution in [0.15, 0.2) is 24.3 Å². The number of benzene rings is 1. The van der Waals surface area contributed by atoms with E-state index in [1.807, 2.05) is 31.2 Å². The van der Waals surface area contributed by atoms with Crippen molar-refractivity contribution in [2.45, 2.75) is 44.9 Å². The van der Waals surface area contributed by atoms with Gasteiger partial charge in [0.05, 0.1) is 17.0 Å². The maximum Gasteiger partial charge on any atom is 0.309 e. The number of nitrogens with zero attached hydrogens (tertiary/aromatic N) is 1. The topological polar surface area (TPSA) is 61.1 Å². The number of carboxylic acid groups (broad SMARTS) is 1. The quantitative estimate of drug-likeness (QED) is 0.894. The number of rotatable bonds is 4. The summed E-state index contributed by atoms with van der Waals surface area (Å²) in [5.74, 6) is -0.468. The zero-order chi connectivity index (χ0) is 13.9. The van der Waals surface area contributed by atoms with E-state index in [9.17, 15) is 9.90 Å². The maximum absolute atomic E-state index is 11.6. The minimum Gasteiger partial charge on any atom is -0.481 e. The van der Waals surface area contributed by atoms with Crippen molar-refractivity contribution in [2.24, 2.45) is 5.41 Å². The smallest absolute Gasteiger partial charge is 0.309 e. The van der Waals surface area contributed by atoms with E-state index in [1.165, 1.54) is 0 Å². The van der Waals surface area contributed by atoms with E-state index >= 15 is 0 Å². The van der Waals surface area contributed by atoms with Gasteiger partial charge in [-0.15, -0.1) is 0 Å². The van der Waals surface area contributed by atoms with Crippen LogP contribution < -0.4 is 0 Å². The Labute approximate surface area is 113 Å². The van der Waals surface area contributed by atoms with Gasteiger partial charge in [0.15, 0.2) is 0 Å². The van der Waals surface area contributed by atoms with Gasteiger partial charge in [-0.1, -0.05) is 31.5 Å². The summed E-state index contributed by atoms with van der Waals surface area (Å²) in [6.07, 6.45) is 3.87. The molecule has 19 heavy (non-hydrogen) atoms. The van der Waals surface area contributed by atoms with Gasteiger partial charge in [0.2, 0.25) is 0 Å². The molecule has 0 unspecified atom stereocenters. The van der Waals surface area contributed by atoms with Gasteiger partial charge >= 0.3 is 5.97 Å². The van der Waals surface area contributed by atoms with E-state index in [0.29, 0.717) is 12.0 Å². The fourth-order valence-electron chi connectivity index (χ4n) is 3.35. The third-order valence-electron chi connectivity index (χ3n) is 4.31. The summed E-state index contributed by atoms with van der Waals surface area (Å²) in [7, 11) is 0. The standard InChI is InChI=1S/C16H19NO2/c1-2-8-16(15(18)19)9-7-12(10-16)14-6-4-3-5-13(14)11-17/h3-6,12H,2,7-10H2,1H3,(H,18,19)/t12-,16+/m0/s1. The molecular weight excluding hydrogens is 238 g/mol. The Kier molecular flexibility index (Phi) is 3.90. The Morgan fingerprint density at radius 2 is 2.26 bits per heavy atom. The molecule has 0 bridgehead atoms. The minimum absolute atomic E-state index is 0.207. The van der Waals surface area contributed by atoms with Gasteiger partial charge in [0.1, 0.15) is 0 Å². The third-order valence-corrected chi connectivity index (χ3v) is 4.31. The molecule has 0 heterocycles. The first-order valence-corrected chi connectivity index (χ1v) is 6.85. The van der Waals surface area contributed by atoms with E-state index < -0.39 is 11.4 Å². The molecule has 1 aliphatic carbocycles. The first-order chi connectivity index (χ1) is 9.13. The molecule has 2 rings (SSSR count). The number of carbonyl (C=O) groups is 1. The molecule has 0 spiro atoms. The normalized spacial score (nSPS) is 26.0. The van der Waals surface area contributed by atoms with Crippen molar-refractivity contribution in [3.8, 4) is 6.07 Å². The first-order valence-electron chi connectivity index (χ1n) is 6.85. The van der Waals surface area contributed by atoms with E-state index in [4.69, 9.17) is 5.26 Å². The highest BCUT2D eigenvalue weighted by molar-refractivity contribution is 5.75. The van der Waals surface area contributed by atoms with E-state index in [2.05, 4.69) is 6.07 Å². The minimum atomic E-state index is -0.675. The van der Waals surface area contributed by atoms with E-state index in [1.54, 1.807) is 0 Å². The van der Waals surface area contributed by atoms with E-state index in [-0.39, 0.29) is 5.92 Å². The van der Waals surface area contributed by atoms with Gasteiger partial charge in [-0.05, 0) is 43.2 Å². The zero-order valence-corrected chi connectivity index (χ0v) is 11.2. The molecule has 1 aromatic carbocycles. The molecule has 3 heteroatoms. The molecule has 1 N–H and O–H groups in total. The van der Waals surface area contributed by atoms with Crippen molar-refractivity contribution < 1.29 is 9.90 Å². The van der Waals surface area contributed by atoms with Crippen LogP contribution in [-0.2, 0) is 4.79 Å². The lowest BCUT2D eigenvalue weighted by atomic mass is 9.80. The molecule has 1 aromatic rings. The maximum atomic E-state index is 11.6. The second-order valence-electron chi connectivity index (χ2n) is 5.47. The van der Waals surface area contributed by atoms with Crippen LogP contribution in [0.2, 0.25) is 0 Å². The molecule has 1 aliphatic rings. The first kappa shape index (κ1) is 13.6. The average molecular weight is 257 g/mol. The van der Waals surface area contributed by atoms with Crippen molar-refractivity contribution in [3.05, 3.63) is 35.4 Å². The van der Waals surface area contributed by atoms with Gasteiger partial charge in [0.25, 0.3) is 0 Å². The van der Waals surface area contributed by atoms with Gasteiger partial charge < -0.3 is 5.11 Å². The van der Waals surface area contributed by atoms with Crippen molar-refractivity contribution in [1.29, 1.82) is 5.26 Å². The molecule has 0 saturated heterocycles. The SMILES string of the molecule is CCC[C@@]1(C(=O)O)CC[C@H](c2ccccc2C#N)C1. The van der Waals surface area contributed by atoms with E-state index in [0.717, 1.165) is 31.2 Å². The number of nitriles is 1. The van der Waals surface area contributed by atoms with Gasteiger partial charge in [0, 0.05) is 0 Å². The Morgan fingerprint density at radius 1 is 1.53 bits per heavy atom. The van der Waals surface area contributed by atoms with Crippen LogP contribution in [0.4, 0.5) is 0 Å². The van der Waals surface area contributed by atoms with Gasteiger partial charge in [-0.2, -0.15) is 5.26 Å². The summed E-state index contributed by atoms with van der Waals surface area (Å²) < 4.78 is 0. The number of carboxylic acids is 1. The molecule has 1 fully saturated rings. The van der Waals surface area contributed by atoms with Crippen LogP contribution >= 0.6 is 0 Å². The van der Waals surface area contributed by atoms with Crippen molar-refractivity contribution in [3.63, 3.8) is 0 Å². The van der Waals surface area contributed by atoms with Crippen molar-refractivity contribution >= 4 is 5.97 Å². The highest BCUT2D eigenvalue weighted by atomic mass is 16.4. The summed E-state index contributed by atoms with van der Waals surface area (Å²) in [4.78, 5) is 11.6. The average Bonchev–Trinajstić information content (AvgIpc) is 2.84. The second-order valence-corrected chi connectivity index (χ2v) is 5.47. The summed E-state index contributed by atoms with van der Waals surface area (Å²) in [6, 6.07) is 9.78. The number of aliphatic carboxylic acids is 1. The Bertz CT molecular complexity index is 518. The molecule has 1 saturated carbocycles. The van der Waals surface area contributed by atoms with Gasteiger partial charge in [-0.25, -0.2) is 0 Å². The zero-order valence-electron chi connectivity index (χ0n) is 11.2. The fourth-order valence-corrected chi connectivity index (χ4v) is 3.35. The van der Waals surface area contributed by atoms with Crippen LogP contribution in [0.25, 0.3) is 0 Å². The molecule has 100 valence electrons. The van der Waals surface area contributed by atoms with Crippen LogP contribution in [0, 0.1) is 16.7 Å². The Hall–Kier alpha value is -1.82. The molecule has 0 aliphatic heterocycles. The second kappa shape index (κ2) is 5.44. The lowest BCUT2D eigenvalue weighted by molar-refractivity contribution is -0.149. The highest BCUT2D eigenvalue weighted by Gasteiger charge is 2.45. The summed E-state index contributed by atoms with van der Waals surface area (Å²) in [5.41, 5.74) is 1.12. The molecular formula is C16H19NO2. The molecule has 2 atom stereocenters. The largest absolute Gasteiger partial charge is 0.481 e. The Morgan fingerprint density at radius 3 is 2.89 bits per heavy atom. The summed E-state index contributed by atoms with van der Waals surface area (Å²) >= 11 is 0. The number of hydrogen-bond acceptors (Lipinski definition) is 2. The lowest BCUT2D eigenvalue weighted by Crippen LogP contribution is -2.27. The summed E-state index contributed by atoms with van der Waals surface area (Å²) in [6.45, 7) is 2.03. The van der Waals surface area contributed by atoms with Crippen LogP contribution in [0.3, 0.4) is 0 Å². The highest BCUT2D eigenvalue weighted by Crippen LogP contribution is 2.50. The van der Waals surface area contributed by atoms with Crippen LogP contribution in [-0.4, -0.2) is 11.1 Å². The van der Waals surface area contributed by atoms with Crippen LogP contribution in [0.5, 0.6) is 0 Å². The number of hydrogen-bond donors (Lipinski definition) is 1. The lowest BCUT2D eigenvalue weighted by Gasteiger charge is -2.24. The Balaban J connectivity index is 2.26. The summed E-state index contributed by atoms with van der Waals surface area (Å²) in [5, 5.41) is 18.7. The van der Waals surface area contributed by atoms with Crippen molar-refractivity contribution in [1.82, 2.24) is 0 Å². The fraction of sp³-hybridized carbons (Fsp3) is 0.500. The molecule has 3 nitrogen and oxygen atoms in total. The van der Waals surface area contributed by atoms with Crippen molar-refractivity contribution in [2.75, 3.05) is 0 Å². The molecule has 0 amide bonds. The predicted octanol–water partition coefficient (Wildman–Crippen LogP) is 3.70. The monoisotopic (exact) mass is 257 g/mol. The third kappa shape index (κ3) is 2.49. The molecule has 0 radical (unpaired) electrons. The van der Waals surface area contributed by atoms with Gasteiger partial charge in [-0.3, -0.25) is 4.79 Å². The predicted molar refractivity (Wildman–Crippen MR) is 72.7 cm³/mol. The molecule has 0 aromatic heterocycles. The van der Waals surface area contributed by atoms with Crippen LogP contribution in [0.1, 0.15) is 56.1 Å².